The van der Waals surface area contributed by atoms with Gasteiger partial charge in [0.2, 0.25) is 0 Å². The zero-order valence-electron chi connectivity index (χ0n) is 21.6. The third-order valence-electron chi connectivity index (χ3n) is 11.7. The number of aliphatic carboxylic acids is 1. The van der Waals surface area contributed by atoms with Crippen LogP contribution in [-0.2, 0) is 14.3 Å². The van der Waals surface area contributed by atoms with Crippen molar-refractivity contribution in [2.45, 2.75) is 127 Å². The number of carboxylic acid groups (broad SMARTS) is 1. The number of fused-ring (bicyclic) bond motifs is 5. The minimum Gasteiger partial charge on any atom is -0.479 e. The number of aliphatic hydroxyl groups excluding tert-OH is 4. The predicted molar refractivity (Wildman–Crippen MR) is 128 cm³/mol. The van der Waals surface area contributed by atoms with Crippen LogP contribution in [0.3, 0.4) is 0 Å². The smallest absolute Gasteiger partial charge is 0.335 e. The van der Waals surface area contributed by atoms with Gasteiger partial charge in [-0.25, -0.2) is 4.79 Å². The van der Waals surface area contributed by atoms with Crippen LogP contribution in [0.25, 0.3) is 0 Å². The average Bonchev–Trinajstić information content (AvgIpc) is 3.11. The van der Waals surface area contributed by atoms with E-state index >= 15 is 0 Å². The molecule has 5 fully saturated rings. The standard InChI is InChI=1S/C27H44O9/c1-13(28)27(34)11-8-18-16-5-4-14-12-15(6-9-25(14,2)17(16)7-10-26(18,27)3)35-24-21(31)19(29)20(30)22(36-24)23(32)33/h13-22,24,28-31,34H,4-12H2,1-3H3,(H,32,33)/t13-,14-,15-,16-,17+,18+,19+,20+,21-,22+,24-,25+,26+,27+/m1/s1. The molecule has 1 saturated heterocycles. The molecule has 0 aromatic heterocycles. The number of carboxylic acids is 1. The summed E-state index contributed by atoms with van der Waals surface area (Å²) in [5.74, 6) is 0.512. The average molecular weight is 513 g/mol. The van der Waals surface area contributed by atoms with E-state index in [1.165, 1.54) is 0 Å². The number of hydrogen-bond acceptors (Lipinski definition) is 8. The Labute approximate surface area is 212 Å². The molecular weight excluding hydrogens is 468 g/mol. The van der Waals surface area contributed by atoms with Crippen molar-refractivity contribution in [2.24, 2.45) is 34.5 Å². The van der Waals surface area contributed by atoms with Crippen LogP contribution in [0.4, 0.5) is 0 Å². The molecule has 0 aromatic carbocycles. The van der Waals surface area contributed by atoms with Crippen LogP contribution >= 0.6 is 0 Å². The summed E-state index contributed by atoms with van der Waals surface area (Å²) >= 11 is 0. The van der Waals surface area contributed by atoms with Crippen molar-refractivity contribution in [3.05, 3.63) is 0 Å². The number of aliphatic hydroxyl groups is 5. The molecule has 0 aromatic rings. The molecule has 5 aliphatic rings. The fourth-order valence-electron chi connectivity index (χ4n) is 9.43. The van der Waals surface area contributed by atoms with Gasteiger partial charge in [-0.1, -0.05) is 13.8 Å². The molecule has 1 aliphatic heterocycles. The van der Waals surface area contributed by atoms with Gasteiger partial charge >= 0.3 is 5.97 Å². The lowest BCUT2D eigenvalue weighted by molar-refractivity contribution is -0.309. The summed E-state index contributed by atoms with van der Waals surface area (Å²) in [7, 11) is 0. The Hall–Kier alpha value is -0.810. The highest BCUT2D eigenvalue weighted by Gasteiger charge is 2.66. The summed E-state index contributed by atoms with van der Waals surface area (Å²) in [4.78, 5) is 11.4. The quantitative estimate of drug-likeness (QED) is 0.307. The topological polar surface area (TPSA) is 157 Å². The molecule has 0 bridgehead atoms. The van der Waals surface area contributed by atoms with E-state index in [2.05, 4.69) is 13.8 Å². The molecule has 206 valence electrons. The van der Waals surface area contributed by atoms with Crippen LogP contribution in [0.1, 0.15) is 78.6 Å². The monoisotopic (exact) mass is 512 g/mol. The molecule has 14 atom stereocenters. The number of ether oxygens (including phenoxy) is 2. The van der Waals surface area contributed by atoms with Gasteiger partial charge in [-0.15, -0.1) is 0 Å². The second kappa shape index (κ2) is 9.14. The van der Waals surface area contributed by atoms with Crippen molar-refractivity contribution in [1.29, 1.82) is 0 Å². The van der Waals surface area contributed by atoms with Gasteiger partial charge in [0, 0.05) is 5.41 Å². The van der Waals surface area contributed by atoms with Gasteiger partial charge in [0.25, 0.3) is 0 Å². The van der Waals surface area contributed by atoms with E-state index in [1.54, 1.807) is 6.92 Å². The Bertz CT molecular complexity index is 851. The molecule has 9 heteroatoms. The Morgan fingerprint density at radius 3 is 2.31 bits per heavy atom. The van der Waals surface area contributed by atoms with Crippen LogP contribution < -0.4 is 0 Å². The van der Waals surface area contributed by atoms with Crippen molar-refractivity contribution in [3.8, 4) is 0 Å². The highest BCUT2D eigenvalue weighted by atomic mass is 16.7. The minimum atomic E-state index is -1.72. The van der Waals surface area contributed by atoms with Crippen LogP contribution in [0, 0.1) is 34.5 Å². The van der Waals surface area contributed by atoms with E-state index in [0.717, 1.165) is 51.4 Å². The summed E-state index contributed by atoms with van der Waals surface area (Å²) in [6.45, 7) is 6.32. The summed E-state index contributed by atoms with van der Waals surface area (Å²) in [6, 6.07) is 0. The number of rotatable bonds is 4. The molecule has 1 heterocycles. The largest absolute Gasteiger partial charge is 0.479 e. The summed E-state index contributed by atoms with van der Waals surface area (Å²) < 4.78 is 11.4. The van der Waals surface area contributed by atoms with Crippen LogP contribution in [0.5, 0.6) is 0 Å². The maximum Gasteiger partial charge on any atom is 0.335 e. The van der Waals surface area contributed by atoms with Crippen molar-refractivity contribution in [1.82, 2.24) is 0 Å². The Morgan fingerprint density at radius 2 is 1.64 bits per heavy atom. The molecule has 0 radical (unpaired) electrons. The molecule has 0 spiro atoms. The van der Waals surface area contributed by atoms with Crippen molar-refractivity contribution >= 4 is 5.97 Å². The van der Waals surface area contributed by atoms with E-state index in [1.807, 2.05) is 0 Å². The van der Waals surface area contributed by atoms with E-state index in [-0.39, 0.29) is 16.9 Å². The van der Waals surface area contributed by atoms with Gasteiger partial charge in [0.1, 0.15) is 18.3 Å². The molecule has 9 nitrogen and oxygen atoms in total. The third kappa shape index (κ3) is 3.80. The minimum absolute atomic E-state index is 0.140. The van der Waals surface area contributed by atoms with Gasteiger partial charge in [-0.3, -0.25) is 0 Å². The van der Waals surface area contributed by atoms with Gasteiger partial charge < -0.3 is 40.1 Å². The molecule has 6 N–H and O–H groups in total. The lowest BCUT2D eigenvalue weighted by atomic mass is 9.44. The fraction of sp³-hybridized carbons (Fsp3) is 0.963. The molecule has 0 amide bonds. The molecule has 36 heavy (non-hydrogen) atoms. The number of carbonyl (C=O) groups is 1. The van der Waals surface area contributed by atoms with Crippen LogP contribution in [0.2, 0.25) is 0 Å². The van der Waals surface area contributed by atoms with Gasteiger partial charge in [-0.2, -0.15) is 0 Å². The maximum absolute atomic E-state index is 11.4. The Kier molecular flexibility index (Phi) is 6.80. The second-order valence-electron chi connectivity index (χ2n) is 13.0. The van der Waals surface area contributed by atoms with E-state index in [9.17, 15) is 35.4 Å². The molecular formula is C27H44O9. The predicted octanol–water partition coefficient (Wildman–Crippen LogP) is 1.42. The summed E-state index contributed by atoms with van der Waals surface area (Å²) in [6.07, 6.45) is -0.627. The summed E-state index contributed by atoms with van der Waals surface area (Å²) in [5.41, 5.74) is -1.13. The van der Waals surface area contributed by atoms with E-state index < -0.39 is 48.4 Å². The molecule has 4 saturated carbocycles. The van der Waals surface area contributed by atoms with Gasteiger partial charge in [0.05, 0.1) is 17.8 Å². The number of hydrogen-bond donors (Lipinski definition) is 6. The van der Waals surface area contributed by atoms with Crippen molar-refractivity contribution < 1.29 is 44.9 Å². The van der Waals surface area contributed by atoms with Crippen LogP contribution in [-0.4, -0.2) is 85.1 Å². The zero-order valence-corrected chi connectivity index (χ0v) is 21.6. The fourth-order valence-corrected chi connectivity index (χ4v) is 9.43. The van der Waals surface area contributed by atoms with E-state index in [4.69, 9.17) is 9.47 Å². The van der Waals surface area contributed by atoms with Crippen molar-refractivity contribution in [3.63, 3.8) is 0 Å². The first-order valence-electron chi connectivity index (χ1n) is 13.8. The van der Waals surface area contributed by atoms with Crippen LogP contribution in [0.15, 0.2) is 0 Å². The lowest BCUT2D eigenvalue weighted by Crippen LogP contribution is -2.61. The first-order valence-corrected chi connectivity index (χ1v) is 13.8. The molecule has 0 unspecified atom stereocenters. The van der Waals surface area contributed by atoms with Gasteiger partial charge in [0.15, 0.2) is 12.4 Å². The first kappa shape index (κ1) is 26.8. The highest BCUT2D eigenvalue weighted by Crippen LogP contribution is 2.68. The maximum atomic E-state index is 11.4. The van der Waals surface area contributed by atoms with Crippen molar-refractivity contribution in [2.75, 3.05) is 0 Å². The molecule has 4 aliphatic carbocycles. The zero-order chi connectivity index (χ0) is 26.2. The Morgan fingerprint density at radius 1 is 0.944 bits per heavy atom. The third-order valence-corrected chi connectivity index (χ3v) is 11.7. The lowest BCUT2D eigenvalue weighted by Gasteiger charge is -2.62. The first-order chi connectivity index (χ1) is 16.8. The summed E-state index contributed by atoms with van der Waals surface area (Å²) in [5, 5.41) is 61.7. The normalized spacial score (nSPS) is 55.8. The highest BCUT2D eigenvalue weighted by molar-refractivity contribution is 5.73. The molecule has 5 rings (SSSR count). The SMILES string of the molecule is C[C@@H](O)[C@@]1(O)CC[C@H]2[C@@H]3CC[C@@H]4C[C@H](O[C@@H]5O[C@H](C(=O)O)[C@@H](O)[C@H](O)[C@H]5O)CC[C@]4(C)[C@H]3CC[C@@]21C. The van der Waals surface area contributed by atoms with E-state index in [0.29, 0.717) is 30.1 Å². The van der Waals surface area contributed by atoms with Gasteiger partial charge in [-0.05, 0) is 93.8 Å². The second-order valence-corrected chi connectivity index (χ2v) is 13.0. The Balaban J connectivity index is 1.27.